The summed E-state index contributed by atoms with van der Waals surface area (Å²) in [7, 11) is -2.35. The number of anilines is 1. The quantitative estimate of drug-likeness (QED) is 0.867. The molecule has 0 bridgehead atoms. The highest BCUT2D eigenvalue weighted by Gasteiger charge is 2.19. The Bertz CT molecular complexity index is 925. The third-order valence-corrected chi connectivity index (χ3v) is 5.16. The molecular formula is C17H18N2O5S. The van der Waals surface area contributed by atoms with E-state index in [1.54, 1.807) is 31.2 Å². The van der Waals surface area contributed by atoms with Crippen LogP contribution in [0.5, 0.6) is 11.5 Å². The highest BCUT2D eigenvalue weighted by molar-refractivity contribution is 7.92. The molecule has 2 N–H and O–H groups in total. The van der Waals surface area contributed by atoms with Gasteiger partial charge in [-0.25, -0.2) is 8.42 Å². The Balaban J connectivity index is 1.91. The van der Waals surface area contributed by atoms with Crippen LogP contribution in [-0.2, 0) is 10.0 Å². The number of carbonyl (C=O) groups is 1. The van der Waals surface area contributed by atoms with E-state index in [2.05, 4.69) is 10.0 Å². The molecule has 0 saturated heterocycles. The first-order valence-electron chi connectivity index (χ1n) is 7.66. The van der Waals surface area contributed by atoms with Crippen LogP contribution in [0, 0.1) is 6.92 Å². The van der Waals surface area contributed by atoms with Gasteiger partial charge in [-0.05, 0) is 36.8 Å². The fraction of sp³-hybridized carbons (Fsp3) is 0.235. The third-order valence-electron chi connectivity index (χ3n) is 3.79. The van der Waals surface area contributed by atoms with Crippen LogP contribution in [-0.4, -0.2) is 34.6 Å². The van der Waals surface area contributed by atoms with Crippen LogP contribution in [0.4, 0.5) is 5.69 Å². The lowest BCUT2D eigenvalue weighted by Gasteiger charge is -2.19. The van der Waals surface area contributed by atoms with E-state index >= 15 is 0 Å². The average molecular weight is 362 g/mol. The van der Waals surface area contributed by atoms with Crippen molar-refractivity contribution in [3.8, 4) is 11.5 Å². The molecule has 132 valence electrons. The number of amides is 1. The molecule has 0 atom stereocenters. The molecule has 1 heterocycles. The zero-order valence-corrected chi connectivity index (χ0v) is 14.6. The minimum absolute atomic E-state index is 0.00610. The Labute approximate surface area is 146 Å². The van der Waals surface area contributed by atoms with E-state index in [9.17, 15) is 13.2 Å². The zero-order valence-electron chi connectivity index (χ0n) is 13.8. The predicted molar refractivity (Wildman–Crippen MR) is 92.8 cm³/mol. The fourth-order valence-electron chi connectivity index (χ4n) is 2.47. The Morgan fingerprint density at radius 3 is 2.48 bits per heavy atom. The van der Waals surface area contributed by atoms with Gasteiger partial charge in [0, 0.05) is 18.7 Å². The lowest BCUT2D eigenvalue weighted by molar-refractivity contribution is 0.0962. The molecule has 1 aliphatic rings. The van der Waals surface area contributed by atoms with Crippen LogP contribution in [0.25, 0.3) is 0 Å². The number of nitrogens with one attached hydrogen (secondary N) is 2. The van der Waals surface area contributed by atoms with E-state index in [4.69, 9.17) is 9.47 Å². The Kier molecular flexibility index (Phi) is 4.54. The van der Waals surface area contributed by atoms with Gasteiger partial charge in [0.15, 0.2) is 11.5 Å². The summed E-state index contributed by atoms with van der Waals surface area (Å²) in [6, 6.07) is 9.23. The summed E-state index contributed by atoms with van der Waals surface area (Å²) >= 11 is 0. The van der Waals surface area contributed by atoms with Crippen molar-refractivity contribution in [3.63, 3.8) is 0 Å². The Hall–Kier alpha value is -2.74. The van der Waals surface area contributed by atoms with Gasteiger partial charge in [-0.1, -0.05) is 6.07 Å². The van der Waals surface area contributed by atoms with Crippen LogP contribution in [0.2, 0.25) is 0 Å². The van der Waals surface area contributed by atoms with E-state index in [0.29, 0.717) is 41.5 Å². The summed E-state index contributed by atoms with van der Waals surface area (Å²) in [6.07, 6.45) is 0. The summed E-state index contributed by atoms with van der Waals surface area (Å²) in [5.41, 5.74) is 1.36. The molecule has 2 aromatic carbocycles. The fourth-order valence-corrected chi connectivity index (χ4v) is 3.54. The largest absolute Gasteiger partial charge is 0.486 e. The van der Waals surface area contributed by atoms with Gasteiger partial charge >= 0.3 is 0 Å². The number of rotatable bonds is 4. The number of benzene rings is 2. The van der Waals surface area contributed by atoms with Gasteiger partial charge in [0.25, 0.3) is 15.9 Å². The van der Waals surface area contributed by atoms with Crippen molar-refractivity contribution >= 4 is 21.6 Å². The molecule has 0 aromatic heterocycles. The zero-order chi connectivity index (χ0) is 18.0. The summed E-state index contributed by atoms with van der Waals surface area (Å²) in [5.74, 6) is 0.724. The Morgan fingerprint density at radius 2 is 1.76 bits per heavy atom. The van der Waals surface area contributed by atoms with Crippen molar-refractivity contribution in [2.45, 2.75) is 11.8 Å². The summed E-state index contributed by atoms with van der Waals surface area (Å²) in [6.45, 7) is 2.62. The summed E-state index contributed by atoms with van der Waals surface area (Å²) < 4.78 is 38.6. The molecule has 1 amide bonds. The van der Waals surface area contributed by atoms with Crippen LogP contribution in [0.3, 0.4) is 0 Å². The van der Waals surface area contributed by atoms with E-state index in [1.165, 1.54) is 19.2 Å². The van der Waals surface area contributed by atoms with Crippen LogP contribution < -0.4 is 19.5 Å². The number of fused-ring (bicyclic) bond motifs is 1. The number of sulfonamides is 1. The average Bonchev–Trinajstić information content (AvgIpc) is 2.61. The molecule has 1 aliphatic heterocycles. The molecular weight excluding hydrogens is 344 g/mol. The number of carbonyl (C=O) groups excluding carboxylic acids is 1. The topological polar surface area (TPSA) is 93.7 Å². The predicted octanol–water partition coefficient (Wildman–Crippen LogP) is 1.93. The highest BCUT2D eigenvalue weighted by atomic mass is 32.2. The minimum Gasteiger partial charge on any atom is -0.486 e. The third kappa shape index (κ3) is 3.53. The molecule has 25 heavy (non-hydrogen) atoms. The van der Waals surface area contributed by atoms with Crippen molar-refractivity contribution in [2.24, 2.45) is 0 Å². The summed E-state index contributed by atoms with van der Waals surface area (Å²) in [5, 5.41) is 2.50. The Morgan fingerprint density at radius 1 is 1.04 bits per heavy atom. The minimum atomic E-state index is -3.85. The van der Waals surface area contributed by atoms with E-state index < -0.39 is 10.0 Å². The molecule has 0 aliphatic carbocycles. The van der Waals surface area contributed by atoms with Crippen molar-refractivity contribution in [1.29, 1.82) is 0 Å². The maximum atomic E-state index is 12.6. The standard InChI is InChI=1S/C17H18N2O5S/c1-11-3-5-13(10-14(11)17(20)18-2)25(21,22)19-12-4-6-15-16(9-12)24-8-7-23-15/h3-6,9-10,19H,7-8H2,1-2H3,(H,18,20). The maximum absolute atomic E-state index is 12.6. The van der Waals surface area contributed by atoms with Crippen LogP contribution in [0.15, 0.2) is 41.3 Å². The first-order valence-corrected chi connectivity index (χ1v) is 9.14. The molecule has 8 heteroatoms. The van der Waals surface area contributed by atoms with Gasteiger partial charge in [-0.2, -0.15) is 0 Å². The second-order valence-corrected chi connectivity index (χ2v) is 7.20. The number of aryl methyl sites for hydroxylation is 1. The van der Waals surface area contributed by atoms with Gasteiger partial charge in [0.05, 0.1) is 10.6 Å². The number of hydrogen-bond donors (Lipinski definition) is 2. The molecule has 3 rings (SSSR count). The molecule has 0 fully saturated rings. The van der Waals surface area contributed by atoms with Gasteiger partial charge < -0.3 is 14.8 Å². The number of ether oxygens (including phenoxy) is 2. The van der Waals surface area contributed by atoms with E-state index in [-0.39, 0.29) is 10.8 Å². The van der Waals surface area contributed by atoms with Crippen molar-refractivity contribution in [2.75, 3.05) is 25.0 Å². The van der Waals surface area contributed by atoms with Gasteiger partial charge in [-0.3, -0.25) is 9.52 Å². The second-order valence-electron chi connectivity index (χ2n) is 5.52. The smallest absolute Gasteiger partial charge is 0.261 e. The highest BCUT2D eigenvalue weighted by Crippen LogP contribution is 2.33. The normalized spacial score (nSPS) is 13.2. The van der Waals surface area contributed by atoms with Crippen LogP contribution in [0.1, 0.15) is 15.9 Å². The number of hydrogen-bond acceptors (Lipinski definition) is 5. The van der Waals surface area contributed by atoms with Crippen LogP contribution >= 0.6 is 0 Å². The monoisotopic (exact) mass is 362 g/mol. The lowest BCUT2D eigenvalue weighted by atomic mass is 10.1. The maximum Gasteiger partial charge on any atom is 0.261 e. The molecule has 0 spiro atoms. The molecule has 0 saturated carbocycles. The summed E-state index contributed by atoms with van der Waals surface area (Å²) in [4.78, 5) is 11.9. The second kappa shape index (κ2) is 6.64. The molecule has 0 radical (unpaired) electrons. The first kappa shape index (κ1) is 17.1. The van der Waals surface area contributed by atoms with Gasteiger partial charge in [0.2, 0.25) is 0 Å². The van der Waals surface area contributed by atoms with Gasteiger partial charge in [0.1, 0.15) is 13.2 Å². The van der Waals surface area contributed by atoms with Crippen molar-refractivity contribution in [1.82, 2.24) is 5.32 Å². The first-order chi connectivity index (χ1) is 11.9. The molecule has 2 aromatic rings. The lowest BCUT2D eigenvalue weighted by Crippen LogP contribution is -2.20. The molecule has 0 unspecified atom stereocenters. The van der Waals surface area contributed by atoms with E-state index in [1.807, 2.05) is 0 Å². The van der Waals surface area contributed by atoms with Crippen molar-refractivity contribution < 1.29 is 22.7 Å². The van der Waals surface area contributed by atoms with Gasteiger partial charge in [-0.15, -0.1) is 0 Å². The molecule has 7 nitrogen and oxygen atoms in total. The SMILES string of the molecule is CNC(=O)c1cc(S(=O)(=O)Nc2ccc3c(c2)OCCO3)ccc1C. The van der Waals surface area contributed by atoms with E-state index in [0.717, 1.165) is 0 Å². The van der Waals surface area contributed by atoms with Crippen molar-refractivity contribution in [3.05, 3.63) is 47.5 Å².